The van der Waals surface area contributed by atoms with Gasteiger partial charge in [-0.2, -0.15) is 0 Å². The maximum atomic E-state index is 13.8. The van der Waals surface area contributed by atoms with Gasteiger partial charge in [-0.05, 0) is 56.5 Å². The maximum absolute atomic E-state index is 13.8. The molecule has 1 aromatic rings. The lowest BCUT2D eigenvalue weighted by molar-refractivity contribution is 0.198. The number of hydrogen-bond acceptors (Lipinski definition) is 2. The van der Waals surface area contributed by atoms with E-state index in [0.29, 0.717) is 11.5 Å². The van der Waals surface area contributed by atoms with E-state index < -0.39 is 11.6 Å². The van der Waals surface area contributed by atoms with Gasteiger partial charge in [0.15, 0.2) is 5.96 Å². The lowest BCUT2D eigenvalue weighted by Crippen LogP contribution is -2.41. The van der Waals surface area contributed by atoms with Gasteiger partial charge in [-0.1, -0.05) is 6.42 Å². The van der Waals surface area contributed by atoms with Gasteiger partial charge < -0.3 is 15.1 Å². The molecule has 0 saturated carbocycles. The molecule has 4 nitrogen and oxygen atoms in total. The van der Waals surface area contributed by atoms with Gasteiger partial charge >= 0.3 is 0 Å². The molecule has 1 N–H and O–H groups in total. The minimum absolute atomic E-state index is 0. The average molecular weight is 478 g/mol. The SMILES string of the molecule is CN=C(NCc1cc(F)ccc1F)N1CCC(CN2CCCCC2)C1.I. The number of benzene rings is 1. The van der Waals surface area contributed by atoms with E-state index in [1.165, 1.54) is 44.5 Å². The standard InChI is InChI=1S/C19H28F2N4.HI/c1-22-19(23-12-16-11-17(20)5-6-18(16)21)25-10-7-15(14-25)13-24-8-3-2-4-9-24;/h5-6,11,15H,2-4,7-10,12-14H2,1H3,(H,22,23);1H. The van der Waals surface area contributed by atoms with Crippen molar-refractivity contribution < 1.29 is 8.78 Å². The van der Waals surface area contributed by atoms with E-state index in [2.05, 4.69) is 20.1 Å². The molecule has 2 heterocycles. The molecule has 2 aliphatic heterocycles. The molecular weight excluding hydrogens is 449 g/mol. The fourth-order valence-electron chi connectivity index (χ4n) is 3.87. The number of rotatable bonds is 4. The van der Waals surface area contributed by atoms with Crippen LogP contribution in [0.1, 0.15) is 31.2 Å². The Bertz CT molecular complexity index is 605. The predicted molar refractivity (Wildman–Crippen MR) is 112 cm³/mol. The second-order valence-corrected chi connectivity index (χ2v) is 7.10. The summed E-state index contributed by atoms with van der Waals surface area (Å²) in [5, 5.41) is 3.18. The highest BCUT2D eigenvalue weighted by atomic mass is 127. The number of hydrogen-bond donors (Lipinski definition) is 1. The summed E-state index contributed by atoms with van der Waals surface area (Å²) < 4.78 is 27.0. The van der Waals surface area contributed by atoms with Crippen LogP contribution in [0.4, 0.5) is 8.78 Å². The average Bonchev–Trinajstić information content (AvgIpc) is 3.07. The highest BCUT2D eigenvalue weighted by Crippen LogP contribution is 2.20. The second kappa shape index (κ2) is 10.4. The van der Waals surface area contributed by atoms with Crippen LogP contribution in [0.3, 0.4) is 0 Å². The molecule has 26 heavy (non-hydrogen) atoms. The van der Waals surface area contributed by atoms with Crippen molar-refractivity contribution in [1.82, 2.24) is 15.1 Å². The Balaban J connectivity index is 0.00000243. The minimum atomic E-state index is -0.420. The molecule has 0 radical (unpaired) electrons. The highest BCUT2D eigenvalue weighted by Gasteiger charge is 2.27. The Morgan fingerprint density at radius 1 is 1.19 bits per heavy atom. The zero-order valence-electron chi connectivity index (χ0n) is 15.4. The predicted octanol–water partition coefficient (Wildman–Crippen LogP) is 3.47. The van der Waals surface area contributed by atoms with Crippen molar-refractivity contribution in [2.75, 3.05) is 39.8 Å². The molecule has 2 aliphatic rings. The van der Waals surface area contributed by atoms with Crippen LogP contribution < -0.4 is 5.32 Å². The normalized spacial score (nSPS) is 21.6. The highest BCUT2D eigenvalue weighted by molar-refractivity contribution is 14.0. The van der Waals surface area contributed by atoms with Crippen LogP contribution >= 0.6 is 24.0 Å². The fraction of sp³-hybridized carbons (Fsp3) is 0.632. The number of nitrogens with zero attached hydrogens (tertiary/aromatic N) is 3. The monoisotopic (exact) mass is 478 g/mol. The first-order valence-electron chi connectivity index (χ1n) is 9.27. The zero-order valence-corrected chi connectivity index (χ0v) is 17.7. The molecule has 146 valence electrons. The van der Waals surface area contributed by atoms with Gasteiger partial charge in [-0.3, -0.25) is 4.99 Å². The van der Waals surface area contributed by atoms with Crippen LogP contribution in [-0.4, -0.2) is 55.5 Å². The number of halogens is 3. The second-order valence-electron chi connectivity index (χ2n) is 7.10. The van der Waals surface area contributed by atoms with Crippen LogP contribution in [0, 0.1) is 17.6 Å². The van der Waals surface area contributed by atoms with E-state index in [-0.39, 0.29) is 30.5 Å². The largest absolute Gasteiger partial charge is 0.352 e. The molecule has 0 bridgehead atoms. The number of guanidine groups is 1. The van der Waals surface area contributed by atoms with E-state index in [1.807, 2.05) is 0 Å². The van der Waals surface area contributed by atoms with E-state index in [1.54, 1.807) is 7.05 Å². The Labute approximate surface area is 172 Å². The third-order valence-electron chi connectivity index (χ3n) is 5.21. The summed E-state index contributed by atoms with van der Waals surface area (Å²) in [5.41, 5.74) is 0.324. The summed E-state index contributed by atoms with van der Waals surface area (Å²) in [6.07, 6.45) is 5.16. The molecule has 1 unspecified atom stereocenters. The number of likely N-dealkylation sites (tertiary alicyclic amines) is 2. The minimum Gasteiger partial charge on any atom is -0.352 e. The summed E-state index contributed by atoms with van der Waals surface area (Å²) in [6.45, 7) is 5.78. The molecule has 0 aliphatic carbocycles. The van der Waals surface area contributed by atoms with Crippen molar-refractivity contribution in [2.24, 2.45) is 10.9 Å². The van der Waals surface area contributed by atoms with Crippen molar-refractivity contribution in [1.29, 1.82) is 0 Å². The lowest BCUT2D eigenvalue weighted by Gasteiger charge is -2.29. The zero-order chi connectivity index (χ0) is 17.6. The van der Waals surface area contributed by atoms with E-state index in [4.69, 9.17) is 0 Å². The van der Waals surface area contributed by atoms with E-state index in [0.717, 1.165) is 38.1 Å². The van der Waals surface area contributed by atoms with Gasteiger partial charge in [0, 0.05) is 38.8 Å². The Morgan fingerprint density at radius 2 is 1.96 bits per heavy atom. The molecule has 2 saturated heterocycles. The molecule has 2 fully saturated rings. The summed E-state index contributed by atoms with van der Waals surface area (Å²) in [4.78, 5) is 9.13. The Kier molecular flexibility index (Phi) is 8.53. The van der Waals surface area contributed by atoms with Crippen LogP contribution in [0.15, 0.2) is 23.2 Å². The smallest absolute Gasteiger partial charge is 0.193 e. The van der Waals surface area contributed by atoms with Crippen molar-refractivity contribution in [3.63, 3.8) is 0 Å². The van der Waals surface area contributed by atoms with Crippen LogP contribution in [0.2, 0.25) is 0 Å². The summed E-state index contributed by atoms with van der Waals surface area (Å²) >= 11 is 0. The quantitative estimate of drug-likeness (QED) is 0.409. The van der Waals surface area contributed by atoms with Crippen molar-refractivity contribution in [3.05, 3.63) is 35.4 Å². The summed E-state index contributed by atoms with van der Waals surface area (Å²) in [7, 11) is 1.74. The van der Waals surface area contributed by atoms with Crippen molar-refractivity contribution >= 4 is 29.9 Å². The fourth-order valence-corrected chi connectivity index (χ4v) is 3.87. The maximum Gasteiger partial charge on any atom is 0.193 e. The topological polar surface area (TPSA) is 30.9 Å². The summed E-state index contributed by atoms with van der Waals surface area (Å²) in [5.74, 6) is 0.608. The number of nitrogens with one attached hydrogen (secondary N) is 1. The third-order valence-corrected chi connectivity index (χ3v) is 5.21. The van der Waals surface area contributed by atoms with Gasteiger partial charge in [-0.15, -0.1) is 24.0 Å². The summed E-state index contributed by atoms with van der Waals surface area (Å²) in [6, 6.07) is 3.54. The van der Waals surface area contributed by atoms with Crippen LogP contribution in [0.5, 0.6) is 0 Å². The van der Waals surface area contributed by atoms with Gasteiger partial charge in [-0.25, -0.2) is 8.78 Å². The molecule has 1 aromatic carbocycles. The van der Waals surface area contributed by atoms with E-state index in [9.17, 15) is 8.78 Å². The molecule has 0 spiro atoms. The Morgan fingerprint density at radius 3 is 2.69 bits per heavy atom. The first-order chi connectivity index (χ1) is 12.2. The molecule has 3 rings (SSSR count). The first-order valence-corrected chi connectivity index (χ1v) is 9.27. The first kappa shape index (κ1) is 21.3. The molecule has 0 amide bonds. The van der Waals surface area contributed by atoms with Crippen molar-refractivity contribution in [3.8, 4) is 0 Å². The van der Waals surface area contributed by atoms with Gasteiger partial charge in [0.1, 0.15) is 11.6 Å². The van der Waals surface area contributed by atoms with Crippen LogP contribution in [0.25, 0.3) is 0 Å². The molecule has 1 atom stereocenters. The van der Waals surface area contributed by atoms with Crippen LogP contribution in [-0.2, 0) is 6.54 Å². The Hall–Kier alpha value is -0.960. The van der Waals surface area contributed by atoms with Gasteiger partial charge in [0.25, 0.3) is 0 Å². The van der Waals surface area contributed by atoms with Gasteiger partial charge in [0.2, 0.25) is 0 Å². The molecule has 7 heteroatoms. The van der Waals surface area contributed by atoms with E-state index >= 15 is 0 Å². The molecule has 0 aromatic heterocycles. The lowest BCUT2D eigenvalue weighted by atomic mass is 10.1. The molecular formula is C19H29F2IN4. The third kappa shape index (κ3) is 5.77. The number of piperidine rings is 1. The van der Waals surface area contributed by atoms with Gasteiger partial charge in [0.05, 0.1) is 0 Å². The van der Waals surface area contributed by atoms with Crippen molar-refractivity contribution in [2.45, 2.75) is 32.2 Å². The number of aliphatic imine (C=N–C) groups is 1.